The molecule has 2 nitrogen and oxygen atoms in total. The van der Waals surface area contributed by atoms with Crippen molar-refractivity contribution in [3.8, 4) is 0 Å². The van der Waals surface area contributed by atoms with Gasteiger partial charge in [-0.3, -0.25) is 0 Å². The van der Waals surface area contributed by atoms with Crippen LogP contribution in [0.25, 0.3) is 0 Å². The summed E-state index contributed by atoms with van der Waals surface area (Å²) in [4.78, 5) is 3.26. The van der Waals surface area contributed by atoms with Gasteiger partial charge in [-0.15, -0.1) is 0 Å². The van der Waals surface area contributed by atoms with Crippen LogP contribution in [-0.2, 0) is 0 Å². The molecule has 17 heavy (non-hydrogen) atoms. The van der Waals surface area contributed by atoms with Crippen LogP contribution < -0.4 is 5.73 Å². The number of nitrogens with zero attached hydrogens (tertiary/aromatic N) is 1. The molecule has 1 atom stereocenters. The number of thiocarbonyl (C=S) groups is 1. The Labute approximate surface area is 112 Å². The fourth-order valence-electron chi connectivity index (χ4n) is 2.63. The third-order valence-electron chi connectivity index (χ3n) is 4.01. The van der Waals surface area contributed by atoms with Crippen LogP contribution in [0.5, 0.6) is 0 Å². The maximum atomic E-state index is 5.74. The Morgan fingerprint density at radius 3 is 2.76 bits per heavy atom. The summed E-state index contributed by atoms with van der Waals surface area (Å²) in [5.41, 5.74) is 5.77. The summed E-state index contributed by atoms with van der Waals surface area (Å²) >= 11 is 5.10. The lowest BCUT2D eigenvalue weighted by molar-refractivity contribution is 0.297. The smallest absolute Gasteiger partial charge is 0.0784 e. The van der Waals surface area contributed by atoms with E-state index in [9.17, 15) is 0 Å². The number of likely N-dealkylation sites (tertiary alicyclic amines) is 1. The molecule has 1 heterocycles. The van der Waals surface area contributed by atoms with Crippen LogP contribution in [0.15, 0.2) is 0 Å². The van der Waals surface area contributed by atoms with Crippen LogP contribution >= 0.6 is 12.2 Å². The molecule has 1 aliphatic rings. The summed E-state index contributed by atoms with van der Waals surface area (Å²) in [5.74, 6) is 0.948. The Kier molecular flexibility index (Phi) is 5.87. The first kappa shape index (κ1) is 14.9. The van der Waals surface area contributed by atoms with Crippen molar-refractivity contribution in [2.75, 3.05) is 19.6 Å². The molecule has 0 aliphatic carbocycles. The molecule has 0 saturated carbocycles. The number of nitrogens with two attached hydrogens (primary N) is 1. The molecule has 0 aromatic heterocycles. The second kappa shape index (κ2) is 6.69. The molecule has 0 bridgehead atoms. The second-order valence-corrected chi connectivity index (χ2v) is 6.54. The fraction of sp³-hybridized carbons (Fsp3) is 0.929. The first-order chi connectivity index (χ1) is 7.95. The van der Waals surface area contributed by atoms with Gasteiger partial charge in [-0.2, -0.15) is 0 Å². The van der Waals surface area contributed by atoms with Crippen LogP contribution in [-0.4, -0.2) is 29.5 Å². The van der Waals surface area contributed by atoms with Crippen LogP contribution in [0.4, 0.5) is 0 Å². The molecule has 2 N–H and O–H groups in total. The van der Waals surface area contributed by atoms with E-state index in [1.807, 2.05) is 0 Å². The van der Waals surface area contributed by atoms with Gasteiger partial charge in [0.25, 0.3) is 0 Å². The highest BCUT2D eigenvalue weighted by molar-refractivity contribution is 7.80. The number of hydrogen-bond donors (Lipinski definition) is 1. The minimum absolute atomic E-state index is 0.0257. The molecular weight excluding hydrogens is 228 g/mol. The lowest BCUT2D eigenvalue weighted by atomic mass is 9.88. The molecule has 1 fully saturated rings. The van der Waals surface area contributed by atoms with Gasteiger partial charge in [-0.25, -0.2) is 0 Å². The van der Waals surface area contributed by atoms with Gasteiger partial charge in [0.2, 0.25) is 0 Å². The summed E-state index contributed by atoms with van der Waals surface area (Å²) in [7, 11) is 0. The predicted molar refractivity (Wildman–Crippen MR) is 79.3 cm³/mol. The quantitative estimate of drug-likeness (QED) is 0.709. The Morgan fingerprint density at radius 2 is 2.18 bits per heavy atom. The van der Waals surface area contributed by atoms with Gasteiger partial charge < -0.3 is 10.6 Å². The minimum atomic E-state index is 0.0257. The molecule has 1 saturated heterocycles. The van der Waals surface area contributed by atoms with Crippen LogP contribution in [0.1, 0.15) is 52.9 Å². The van der Waals surface area contributed by atoms with E-state index in [-0.39, 0.29) is 5.41 Å². The van der Waals surface area contributed by atoms with Gasteiger partial charge in [-0.05, 0) is 44.7 Å². The van der Waals surface area contributed by atoms with Crippen LogP contribution in [0.2, 0.25) is 0 Å². The van der Waals surface area contributed by atoms with Gasteiger partial charge in [-0.1, -0.05) is 39.4 Å². The van der Waals surface area contributed by atoms with Crippen LogP contribution in [0.3, 0.4) is 0 Å². The van der Waals surface area contributed by atoms with Crippen molar-refractivity contribution >= 4 is 17.2 Å². The van der Waals surface area contributed by atoms with Gasteiger partial charge in [0.15, 0.2) is 0 Å². The first-order valence-electron chi connectivity index (χ1n) is 6.98. The molecule has 3 heteroatoms. The third-order valence-corrected chi connectivity index (χ3v) is 4.56. The molecule has 0 aromatic rings. The van der Waals surface area contributed by atoms with E-state index in [1.165, 1.54) is 45.3 Å². The Bertz CT molecular complexity index is 251. The lowest BCUT2D eigenvalue weighted by Gasteiger charge is -2.24. The van der Waals surface area contributed by atoms with E-state index >= 15 is 0 Å². The maximum absolute atomic E-state index is 5.74. The van der Waals surface area contributed by atoms with Crippen molar-refractivity contribution in [3.63, 3.8) is 0 Å². The molecule has 1 rings (SSSR count). The Hall–Kier alpha value is -0.150. The van der Waals surface area contributed by atoms with E-state index in [0.29, 0.717) is 4.99 Å². The van der Waals surface area contributed by atoms with E-state index in [1.54, 1.807) is 0 Å². The average Bonchev–Trinajstić information content (AvgIpc) is 2.66. The lowest BCUT2D eigenvalue weighted by Crippen LogP contribution is -2.31. The van der Waals surface area contributed by atoms with Gasteiger partial charge in [0, 0.05) is 12.0 Å². The number of rotatable bonds is 7. The molecular formula is C14H28N2S. The highest BCUT2D eigenvalue weighted by atomic mass is 32.1. The molecule has 0 amide bonds. The molecule has 0 radical (unpaired) electrons. The van der Waals surface area contributed by atoms with Crippen LogP contribution in [0, 0.1) is 11.3 Å². The SMILES string of the molecule is CCCC1CCN(CCCC(C)(C)C(N)=S)C1. The van der Waals surface area contributed by atoms with Crippen molar-refractivity contribution in [2.45, 2.75) is 52.9 Å². The molecule has 0 aromatic carbocycles. The topological polar surface area (TPSA) is 29.3 Å². The highest BCUT2D eigenvalue weighted by Gasteiger charge is 2.24. The monoisotopic (exact) mass is 256 g/mol. The summed E-state index contributed by atoms with van der Waals surface area (Å²) in [6, 6.07) is 0. The normalized spacial score (nSPS) is 21.9. The van der Waals surface area contributed by atoms with Crippen molar-refractivity contribution < 1.29 is 0 Å². The van der Waals surface area contributed by atoms with Crippen molar-refractivity contribution in [3.05, 3.63) is 0 Å². The van der Waals surface area contributed by atoms with Crippen molar-refractivity contribution in [1.82, 2.24) is 4.90 Å². The molecule has 100 valence electrons. The Morgan fingerprint density at radius 1 is 1.47 bits per heavy atom. The maximum Gasteiger partial charge on any atom is 0.0784 e. The summed E-state index contributed by atoms with van der Waals surface area (Å²) in [6.45, 7) is 10.4. The fourth-order valence-corrected chi connectivity index (χ4v) is 2.73. The summed E-state index contributed by atoms with van der Waals surface area (Å²) in [5, 5.41) is 0. The summed E-state index contributed by atoms with van der Waals surface area (Å²) < 4.78 is 0. The van der Waals surface area contributed by atoms with Gasteiger partial charge in [0.05, 0.1) is 4.99 Å². The zero-order chi connectivity index (χ0) is 12.9. The average molecular weight is 256 g/mol. The third kappa shape index (κ3) is 4.92. The van der Waals surface area contributed by atoms with E-state index < -0.39 is 0 Å². The molecule has 1 aliphatic heterocycles. The van der Waals surface area contributed by atoms with Crippen molar-refractivity contribution in [2.24, 2.45) is 17.1 Å². The summed E-state index contributed by atoms with van der Waals surface area (Å²) in [6.07, 6.45) is 6.44. The molecule has 1 unspecified atom stereocenters. The first-order valence-corrected chi connectivity index (χ1v) is 7.39. The predicted octanol–water partition coefficient (Wildman–Crippen LogP) is 3.20. The largest absolute Gasteiger partial charge is 0.393 e. The van der Waals surface area contributed by atoms with E-state index in [2.05, 4.69) is 25.7 Å². The zero-order valence-electron chi connectivity index (χ0n) is 11.7. The minimum Gasteiger partial charge on any atom is -0.393 e. The van der Waals surface area contributed by atoms with E-state index in [4.69, 9.17) is 18.0 Å². The van der Waals surface area contributed by atoms with Crippen molar-refractivity contribution in [1.29, 1.82) is 0 Å². The standard InChI is InChI=1S/C14H28N2S/c1-4-6-12-7-10-16(11-12)9-5-8-14(2,3)13(15)17/h12H,4-11H2,1-3H3,(H2,15,17). The van der Waals surface area contributed by atoms with Gasteiger partial charge >= 0.3 is 0 Å². The Balaban J connectivity index is 2.18. The molecule has 0 spiro atoms. The van der Waals surface area contributed by atoms with E-state index in [0.717, 1.165) is 12.3 Å². The highest BCUT2D eigenvalue weighted by Crippen LogP contribution is 2.25. The van der Waals surface area contributed by atoms with Gasteiger partial charge in [0.1, 0.15) is 0 Å². The number of hydrogen-bond acceptors (Lipinski definition) is 2. The second-order valence-electron chi connectivity index (χ2n) is 6.10. The zero-order valence-corrected chi connectivity index (χ0v) is 12.5.